The van der Waals surface area contributed by atoms with Crippen LogP contribution in [0, 0.1) is 0 Å². The number of hydrogen-bond donors (Lipinski definition) is 4. The van der Waals surface area contributed by atoms with Crippen LogP contribution in [0.5, 0.6) is 0 Å². The molecule has 0 spiro atoms. The number of alkyl carbamates (subject to hydrolysis) is 1. The highest BCUT2D eigenvalue weighted by molar-refractivity contribution is 6.04. The molecule has 0 fully saturated rings. The molecular formula is C13H23N5O4. The van der Waals surface area contributed by atoms with Crippen LogP contribution in [0.25, 0.3) is 0 Å². The second-order valence-electron chi connectivity index (χ2n) is 5.69. The molecule has 1 rings (SSSR count). The van der Waals surface area contributed by atoms with Crippen molar-refractivity contribution in [3.63, 3.8) is 0 Å². The fourth-order valence-corrected chi connectivity index (χ4v) is 1.76. The van der Waals surface area contributed by atoms with E-state index in [1.807, 2.05) is 0 Å². The second kappa shape index (κ2) is 7.12. The van der Waals surface area contributed by atoms with Crippen molar-refractivity contribution in [2.75, 3.05) is 24.6 Å². The Bertz CT molecular complexity index is 547. The van der Waals surface area contributed by atoms with Gasteiger partial charge in [-0.3, -0.25) is 4.79 Å². The maximum absolute atomic E-state index is 12.1. The molecule has 0 unspecified atom stereocenters. The minimum absolute atomic E-state index is 0.00761. The Labute approximate surface area is 128 Å². The fourth-order valence-electron chi connectivity index (χ4n) is 1.76. The summed E-state index contributed by atoms with van der Waals surface area (Å²) in [4.78, 5) is 23.6. The van der Waals surface area contributed by atoms with Crippen LogP contribution in [0.4, 0.5) is 16.4 Å². The number of amides is 1. The predicted octanol–water partition coefficient (Wildman–Crippen LogP) is 0.137. The third-order valence-electron chi connectivity index (χ3n) is 2.63. The molecular weight excluding hydrogens is 290 g/mol. The summed E-state index contributed by atoms with van der Waals surface area (Å²) in [6.07, 6.45) is -0.587. The molecule has 124 valence electrons. The lowest BCUT2D eigenvalue weighted by Crippen LogP contribution is -2.33. The Morgan fingerprint density at radius 1 is 1.36 bits per heavy atom. The van der Waals surface area contributed by atoms with Crippen LogP contribution < -0.4 is 16.8 Å². The summed E-state index contributed by atoms with van der Waals surface area (Å²) in [7, 11) is 0. The number of aliphatic hydroxyl groups excluding tert-OH is 1. The van der Waals surface area contributed by atoms with Gasteiger partial charge < -0.3 is 26.6 Å². The minimum atomic E-state index is -0.603. The van der Waals surface area contributed by atoms with Crippen LogP contribution in [-0.2, 0) is 11.3 Å². The number of carbonyl (C=O) groups excluding carboxylic acids is 2. The summed E-state index contributed by atoms with van der Waals surface area (Å²) in [6.45, 7) is 5.31. The number of nitrogens with one attached hydrogen (secondary N) is 1. The van der Waals surface area contributed by atoms with E-state index in [9.17, 15) is 9.59 Å². The zero-order chi connectivity index (χ0) is 16.9. The molecule has 0 aliphatic rings. The quantitative estimate of drug-likeness (QED) is 0.546. The van der Waals surface area contributed by atoms with E-state index in [0.29, 0.717) is 0 Å². The lowest BCUT2D eigenvalue weighted by Gasteiger charge is -2.19. The molecule has 0 aliphatic carbocycles. The van der Waals surface area contributed by atoms with Gasteiger partial charge in [-0.25, -0.2) is 9.48 Å². The minimum Gasteiger partial charge on any atom is -0.444 e. The molecule has 1 aromatic rings. The largest absolute Gasteiger partial charge is 0.444 e. The lowest BCUT2D eigenvalue weighted by atomic mass is 10.1. The van der Waals surface area contributed by atoms with Crippen molar-refractivity contribution in [3.05, 3.63) is 5.56 Å². The Morgan fingerprint density at radius 2 is 2.00 bits per heavy atom. The molecule has 0 bridgehead atoms. The van der Waals surface area contributed by atoms with E-state index in [1.54, 1.807) is 20.8 Å². The number of nitrogen functional groups attached to an aromatic ring is 2. The first-order chi connectivity index (χ1) is 10.2. The molecule has 6 N–H and O–H groups in total. The van der Waals surface area contributed by atoms with Gasteiger partial charge in [0.15, 0.2) is 11.6 Å². The summed E-state index contributed by atoms with van der Waals surface area (Å²) >= 11 is 0. The monoisotopic (exact) mass is 313 g/mol. The Hall–Kier alpha value is -2.29. The molecule has 0 aliphatic heterocycles. The van der Waals surface area contributed by atoms with Crippen molar-refractivity contribution in [3.8, 4) is 0 Å². The summed E-state index contributed by atoms with van der Waals surface area (Å²) < 4.78 is 6.32. The molecule has 9 nitrogen and oxygen atoms in total. The number of aromatic nitrogens is 2. The zero-order valence-corrected chi connectivity index (χ0v) is 13.0. The van der Waals surface area contributed by atoms with E-state index >= 15 is 0 Å². The molecule has 1 heterocycles. The van der Waals surface area contributed by atoms with Gasteiger partial charge in [0.25, 0.3) is 0 Å². The highest BCUT2D eigenvalue weighted by atomic mass is 16.6. The molecule has 9 heteroatoms. The van der Waals surface area contributed by atoms with E-state index in [4.69, 9.17) is 21.3 Å². The molecule has 0 aromatic carbocycles. The van der Waals surface area contributed by atoms with Gasteiger partial charge in [0.1, 0.15) is 17.0 Å². The van der Waals surface area contributed by atoms with Crippen LogP contribution >= 0.6 is 0 Å². The van der Waals surface area contributed by atoms with Gasteiger partial charge in [0.2, 0.25) is 0 Å². The highest BCUT2D eigenvalue weighted by Crippen LogP contribution is 2.20. The molecule has 22 heavy (non-hydrogen) atoms. The fraction of sp³-hybridized carbons (Fsp3) is 0.615. The van der Waals surface area contributed by atoms with Gasteiger partial charge in [0, 0.05) is 13.0 Å². The highest BCUT2D eigenvalue weighted by Gasteiger charge is 2.21. The summed E-state index contributed by atoms with van der Waals surface area (Å²) in [6, 6.07) is 0. The molecule has 0 atom stereocenters. The third kappa shape index (κ3) is 4.92. The van der Waals surface area contributed by atoms with Crippen molar-refractivity contribution < 1.29 is 19.4 Å². The molecule has 1 amide bonds. The Balaban J connectivity index is 2.58. The Kier molecular flexibility index (Phi) is 5.75. The third-order valence-corrected chi connectivity index (χ3v) is 2.63. The van der Waals surface area contributed by atoms with Gasteiger partial charge in [-0.2, -0.15) is 5.10 Å². The van der Waals surface area contributed by atoms with Crippen molar-refractivity contribution in [2.24, 2.45) is 0 Å². The predicted molar refractivity (Wildman–Crippen MR) is 81.3 cm³/mol. The number of aliphatic hydroxyl groups is 1. The van der Waals surface area contributed by atoms with Gasteiger partial charge >= 0.3 is 6.09 Å². The average molecular weight is 313 g/mol. The number of rotatable bonds is 6. The van der Waals surface area contributed by atoms with Crippen molar-refractivity contribution in [2.45, 2.75) is 39.3 Å². The number of ether oxygens (including phenoxy) is 1. The van der Waals surface area contributed by atoms with E-state index in [-0.39, 0.29) is 49.1 Å². The molecule has 0 radical (unpaired) electrons. The summed E-state index contributed by atoms with van der Waals surface area (Å²) in [5.74, 6) is -0.225. The van der Waals surface area contributed by atoms with Crippen LogP contribution in [-0.4, -0.2) is 45.5 Å². The standard InChI is InChI=1S/C13H23N5O4/c1-13(2,3)22-12(21)16-5-4-8(20)9-10(14)17-18(6-7-19)11(9)15/h19H,4-7,15H2,1-3H3,(H2,14,17)(H,16,21). The number of anilines is 2. The smallest absolute Gasteiger partial charge is 0.407 e. The van der Waals surface area contributed by atoms with E-state index in [2.05, 4.69) is 10.4 Å². The molecule has 1 aromatic heterocycles. The Morgan fingerprint density at radius 3 is 2.55 bits per heavy atom. The summed E-state index contributed by atoms with van der Waals surface area (Å²) in [5.41, 5.74) is 11.0. The number of hydrogen-bond acceptors (Lipinski definition) is 7. The summed E-state index contributed by atoms with van der Waals surface area (Å²) in [5, 5.41) is 15.2. The van der Waals surface area contributed by atoms with Gasteiger partial charge in [-0.1, -0.05) is 0 Å². The van der Waals surface area contributed by atoms with Gasteiger partial charge in [-0.15, -0.1) is 0 Å². The topological polar surface area (TPSA) is 145 Å². The van der Waals surface area contributed by atoms with Crippen molar-refractivity contribution in [1.82, 2.24) is 15.1 Å². The first-order valence-electron chi connectivity index (χ1n) is 6.88. The second-order valence-corrected chi connectivity index (χ2v) is 5.69. The lowest BCUT2D eigenvalue weighted by molar-refractivity contribution is 0.0527. The van der Waals surface area contributed by atoms with Crippen LogP contribution in [0.2, 0.25) is 0 Å². The number of ketones is 1. The van der Waals surface area contributed by atoms with Gasteiger partial charge in [0.05, 0.1) is 13.2 Å². The number of nitrogens with zero attached hydrogens (tertiary/aromatic N) is 2. The van der Waals surface area contributed by atoms with Crippen LogP contribution in [0.15, 0.2) is 0 Å². The number of nitrogens with two attached hydrogens (primary N) is 2. The zero-order valence-electron chi connectivity index (χ0n) is 13.0. The maximum atomic E-state index is 12.1. The van der Waals surface area contributed by atoms with Crippen LogP contribution in [0.3, 0.4) is 0 Å². The molecule has 0 saturated heterocycles. The average Bonchev–Trinajstić information content (AvgIpc) is 2.62. The van der Waals surface area contributed by atoms with Crippen LogP contribution in [0.1, 0.15) is 37.6 Å². The first-order valence-corrected chi connectivity index (χ1v) is 6.88. The first kappa shape index (κ1) is 17.8. The van der Waals surface area contributed by atoms with Gasteiger partial charge in [-0.05, 0) is 20.8 Å². The van der Waals surface area contributed by atoms with Crippen molar-refractivity contribution in [1.29, 1.82) is 0 Å². The van der Waals surface area contributed by atoms with Crippen molar-refractivity contribution >= 4 is 23.5 Å². The SMILES string of the molecule is CC(C)(C)OC(=O)NCCC(=O)c1c(N)nn(CCO)c1N. The maximum Gasteiger partial charge on any atom is 0.407 e. The number of Topliss-reactive ketones (excluding diaryl/α,β-unsaturated/α-hetero) is 1. The normalized spacial score (nSPS) is 11.3. The molecule has 0 saturated carbocycles. The van der Waals surface area contributed by atoms with E-state index < -0.39 is 11.7 Å². The van der Waals surface area contributed by atoms with E-state index in [1.165, 1.54) is 4.68 Å². The van der Waals surface area contributed by atoms with E-state index in [0.717, 1.165) is 0 Å². The number of carbonyl (C=O) groups is 2.